The molecule has 0 fully saturated rings. The molecule has 24 heavy (non-hydrogen) atoms. The molecule has 0 aliphatic carbocycles. The van der Waals surface area contributed by atoms with Gasteiger partial charge in [-0.1, -0.05) is 12.1 Å². The molecular weight excluding hydrogens is 302 g/mol. The normalized spacial score (nSPS) is 11.2. The minimum absolute atomic E-state index is 0.0637. The number of amides is 1. The maximum Gasteiger partial charge on any atom is 0.277 e. The van der Waals surface area contributed by atoms with Crippen LogP contribution in [0.2, 0.25) is 0 Å². The van der Waals surface area contributed by atoms with Crippen LogP contribution in [0.25, 0.3) is 0 Å². The number of ether oxygens (including phenoxy) is 1. The molecule has 5 nitrogen and oxygen atoms in total. The molecule has 0 atom stereocenters. The van der Waals surface area contributed by atoms with Crippen LogP contribution < -0.4 is 10.2 Å². The number of aryl methyl sites for hydroxylation is 2. The Morgan fingerprint density at radius 3 is 2.67 bits per heavy atom. The van der Waals surface area contributed by atoms with E-state index >= 15 is 0 Å². The molecule has 1 amide bonds. The van der Waals surface area contributed by atoms with E-state index in [2.05, 4.69) is 48.9 Å². The Morgan fingerprint density at radius 2 is 2.04 bits per heavy atom. The number of aromatic nitrogens is 1. The van der Waals surface area contributed by atoms with Gasteiger partial charge in [0.15, 0.2) is 6.61 Å². The summed E-state index contributed by atoms with van der Waals surface area (Å²) in [6, 6.07) is 10.0. The monoisotopic (exact) mass is 327 g/mol. The second-order valence-electron chi connectivity index (χ2n) is 6.19. The summed E-state index contributed by atoms with van der Waals surface area (Å²) in [7, 11) is 0. The fourth-order valence-electron chi connectivity index (χ4n) is 2.79. The second-order valence-corrected chi connectivity index (χ2v) is 6.19. The van der Waals surface area contributed by atoms with E-state index in [0.717, 1.165) is 16.8 Å². The maximum atomic E-state index is 11.8. The lowest BCUT2D eigenvalue weighted by molar-refractivity contribution is -0.123. The molecule has 2 aromatic rings. The number of carbonyl (C=O) groups excluding carboxylic acids is 1. The Balaban J connectivity index is 1.90. The predicted molar refractivity (Wildman–Crippen MR) is 96.7 cm³/mol. The van der Waals surface area contributed by atoms with Crippen molar-refractivity contribution in [2.24, 2.45) is 5.10 Å². The number of hydrogen-bond donors (Lipinski definition) is 1. The molecule has 0 saturated carbocycles. The van der Waals surface area contributed by atoms with Crippen LogP contribution in [0, 0.1) is 20.8 Å². The van der Waals surface area contributed by atoms with Crippen LogP contribution in [0.1, 0.15) is 42.4 Å². The first-order chi connectivity index (χ1) is 11.4. The van der Waals surface area contributed by atoms with Gasteiger partial charge in [-0.05, 0) is 58.4 Å². The van der Waals surface area contributed by atoms with Gasteiger partial charge in [0, 0.05) is 23.0 Å². The van der Waals surface area contributed by atoms with Crippen molar-refractivity contribution in [3.63, 3.8) is 0 Å². The summed E-state index contributed by atoms with van der Waals surface area (Å²) in [4.78, 5) is 11.8. The lowest BCUT2D eigenvalue weighted by Crippen LogP contribution is -2.24. The zero-order valence-corrected chi connectivity index (χ0v) is 15.0. The summed E-state index contributed by atoms with van der Waals surface area (Å²) < 4.78 is 7.68. The lowest BCUT2D eigenvalue weighted by atomic mass is 10.2. The summed E-state index contributed by atoms with van der Waals surface area (Å²) in [6.07, 6.45) is 1.67. The standard InChI is InChI=1S/C19H25N3O2/c1-13(2)22-15(4)10-17(16(22)5)11-20-21-19(23)12-24-18-8-6-7-14(3)9-18/h6-11,13H,12H2,1-5H3,(H,21,23)/b20-11-. The smallest absolute Gasteiger partial charge is 0.277 e. The van der Waals surface area contributed by atoms with Gasteiger partial charge >= 0.3 is 0 Å². The first kappa shape index (κ1) is 17.8. The van der Waals surface area contributed by atoms with Crippen molar-refractivity contribution in [3.8, 4) is 5.75 Å². The van der Waals surface area contributed by atoms with Gasteiger partial charge in [0.25, 0.3) is 5.91 Å². The van der Waals surface area contributed by atoms with E-state index in [-0.39, 0.29) is 12.5 Å². The van der Waals surface area contributed by atoms with E-state index in [1.165, 1.54) is 5.69 Å². The molecule has 0 aliphatic heterocycles. The van der Waals surface area contributed by atoms with Crippen molar-refractivity contribution in [2.75, 3.05) is 6.61 Å². The Kier molecular flexibility index (Phi) is 5.79. The minimum Gasteiger partial charge on any atom is -0.484 e. The molecule has 1 aromatic heterocycles. The molecule has 2 rings (SSSR count). The Bertz CT molecular complexity index is 745. The molecule has 0 saturated heterocycles. The van der Waals surface area contributed by atoms with Crippen LogP contribution in [-0.4, -0.2) is 23.3 Å². The fourth-order valence-corrected chi connectivity index (χ4v) is 2.79. The van der Waals surface area contributed by atoms with Crippen molar-refractivity contribution in [1.29, 1.82) is 0 Å². The molecule has 1 heterocycles. The van der Waals surface area contributed by atoms with Crippen molar-refractivity contribution >= 4 is 12.1 Å². The van der Waals surface area contributed by atoms with Crippen molar-refractivity contribution < 1.29 is 9.53 Å². The van der Waals surface area contributed by atoms with E-state index in [1.54, 1.807) is 6.21 Å². The molecular formula is C19H25N3O2. The van der Waals surface area contributed by atoms with Gasteiger partial charge in [0.05, 0.1) is 6.21 Å². The second kappa shape index (κ2) is 7.81. The Morgan fingerprint density at radius 1 is 1.29 bits per heavy atom. The van der Waals surface area contributed by atoms with Crippen LogP contribution in [0.5, 0.6) is 5.75 Å². The number of carbonyl (C=O) groups is 1. The van der Waals surface area contributed by atoms with Crippen molar-refractivity contribution in [2.45, 2.75) is 40.7 Å². The molecule has 1 N–H and O–H groups in total. The number of rotatable bonds is 6. The van der Waals surface area contributed by atoms with Crippen LogP contribution in [0.15, 0.2) is 35.4 Å². The molecule has 0 bridgehead atoms. The van der Waals surface area contributed by atoms with Crippen molar-refractivity contribution in [1.82, 2.24) is 9.99 Å². The van der Waals surface area contributed by atoms with E-state index in [0.29, 0.717) is 11.8 Å². The first-order valence-corrected chi connectivity index (χ1v) is 8.08. The SMILES string of the molecule is Cc1cccc(OCC(=O)N/N=C\c2cc(C)n(C(C)C)c2C)c1. The highest BCUT2D eigenvalue weighted by Gasteiger charge is 2.10. The van der Waals surface area contributed by atoms with Gasteiger partial charge in [-0.3, -0.25) is 4.79 Å². The molecule has 0 aliphatic rings. The van der Waals surface area contributed by atoms with Gasteiger partial charge in [0.2, 0.25) is 0 Å². The summed E-state index contributed by atoms with van der Waals surface area (Å²) in [6.45, 7) is 10.3. The molecule has 0 unspecified atom stereocenters. The number of hydrazone groups is 1. The van der Waals surface area contributed by atoms with Crippen LogP contribution >= 0.6 is 0 Å². The first-order valence-electron chi connectivity index (χ1n) is 8.08. The van der Waals surface area contributed by atoms with Gasteiger partial charge < -0.3 is 9.30 Å². The average molecular weight is 327 g/mol. The van der Waals surface area contributed by atoms with Crippen LogP contribution in [0.3, 0.4) is 0 Å². The van der Waals surface area contributed by atoms with E-state index < -0.39 is 0 Å². The van der Waals surface area contributed by atoms with Crippen LogP contribution in [0.4, 0.5) is 0 Å². The van der Waals surface area contributed by atoms with E-state index in [4.69, 9.17) is 4.74 Å². The summed E-state index contributed by atoms with van der Waals surface area (Å²) in [5.41, 5.74) is 6.90. The zero-order chi connectivity index (χ0) is 17.7. The highest BCUT2D eigenvalue weighted by atomic mass is 16.5. The third-order valence-electron chi connectivity index (χ3n) is 3.79. The molecule has 0 radical (unpaired) electrons. The summed E-state index contributed by atoms with van der Waals surface area (Å²) >= 11 is 0. The number of benzene rings is 1. The molecule has 1 aromatic carbocycles. The van der Waals surface area contributed by atoms with Crippen LogP contribution in [-0.2, 0) is 4.79 Å². The highest BCUT2D eigenvalue weighted by Crippen LogP contribution is 2.18. The highest BCUT2D eigenvalue weighted by molar-refractivity contribution is 5.84. The van der Waals surface area contributed by atoms with Gasteiger partial charge in [-0.2, -0.15) is 5.10 Å². The van der Waals surface area contributed by atoms with Gasteiger partial charge in [0.1, 0.15) is 5.75 Å². The van der Waals surface area contributed by atoms with E-state index in [1.807, 2.05) is 31.2 Å². The molecule has 5 heteroatoms. The lowest BCUT2D eigenvalue weighted by Gasteiger charge is -2.13. The number of nitrogens with zero attached hydrogens (tertiary/aromatic N) is 2. The summed E-state index contributed by atoms with van der Waals surface area (Å²) in [5.74, 6) is 0.389. The minimum atomic E-state index is -0.287. The third-order valence-corrected chi connectivity index (χ3v) is 3.79. The largest absolute Gasteiger partial charge is 0.484 e. The average Bonchev–Trinajstić information content (AvgIpc) is 2.79. The zero-order valence-electron chi connectivity index (χ0n) is 15.0. The predicted octanol–water partition coefficient (Wildman–Crippen LogP) is 3.52. The summed E-state index contributed by atoms with van der Waals surface area (Å²) in [5, 5.41) is 4.03. The quantitative estimate of drug-likeness (QED) is 0.652. The Hall–Kier alpha value is -2.56. The number of nitrogens with one attached hydrogen (secondary N) is 1. The van der Waals surface area contributed by atoms with Gasteiger partial charge in [-0.15, -0.1) is 0 Å². The van der Waals surface area contributed by atoms with Crippen molar-refractivity contribution in [3.05, 3.63) is 52.8 Å². The van der Waals surface area contributed by atoms with E-state index in [9.17, 15) is 4.79 Å². The van der Waals surface area contributed by atoms with Gasteiger partial charge in [-0.25, -0.2) is 5.43 Å². The molecule has 128 valence electrons. The number of hydrogen-bond acceptors (Lipinski definition) is 3. The molecule has 0 spiro atoms. The third kappa shape index (κ3) is 4.47. The maximum absolute atomic E-state index is 11.8. The fraction of sp³-hybridized carbons (Fsp3) is 0.368. The topological polar surface area (TPSA) is 55.6 Å². The Labute approximate surface area is 143 Å².